The first kappa shape index (κ1) is 16.2. The van der Waals surface area contributed by atoms with Gasteiger partial charge in [0.05, 0.1) is 13.3 Å². The molecule has 1 aromatic heterocycles. The third-order valence-corrected chi connectivity index (χ3v) is 5.48. The molecule has 2 heterocycles. The minimum atomic E-state index is -0.630. The van der Waals surface area contributed by atoms with Crippen LogP contribution < -0.4 is 10.5 Å². The fraction of sp³-hybridized carbons (Fsp3) is 0.647. The Labute approximate surface area is 136 Å². The second-order valence-electron chi connectivity index (χ2n) is 6.64. The molecule has 1 saturated heterocycles. The minimum absolute atomic E-state index is 0.0129. The number of pyridine rings is 1. The largest absolute Gasteiger partial charge is 0.495 e. The lowest BCUT2D eigenvalue weighted by Gasteiger charge is -2.53. The lowest BCUT2D eigenvalue weighted by atomic mass is 9.62. The van der Waals surface area contributed by atoms with E-state index in [-0.39, 0.29) is 23.1 Å². The third kappa shape index (κ3) is 2.80. The van der Waals surface area contributed by atoms with Gasteiger partial charge in [0.1, 0.15) is 5.75 Å². The highest BCUT2D eigenvalue weighted by Gasteiger charge is 2.47. The summed E-state index contributed by atoms with van der Waals surface area (Å²) in [6, 6.07) is 1.31. The Hall–Kier alpha value is -1.69. The van der Waals surface area contributed by atoms with E-state index in [0.29, 0.717) is 18.8 Å². The van der Waals surface area contributed by atoms with E-state index in [1.54, 1.807) is 0 Å². The topological polar surface area (TPSA) is 68.5 Å². The Balaban J connectivity index is 1.87. The highest BCUT2D eigenvalue weighted by atomic mass is 19.1. The number of carbonyl (C=O) groups is 1. The number of nitrogens with two attached hydrogens (primary N) is 1. The van der Waals surface area contributed by atoms with Crippen molar-refractivity contribution in [1.29, 1.82) is 0 Å². The lowest BCUT2D eigenvalue weighted by Crippen LogP contribution is -2.58. The average molecular weight is 321 g/mol. The quantitative estimate of drug-likeness (QED) is 0.924. The van der Waals surface area contributed by atoms with Gasteiger partial charge in [0.25, 0.3) is 5.91 Å². The normalized spacial score (nSPS) is 23.3. The summed E-state index contributed by atoms with van der Waals surface area (Å²) in [7, 11) is 1.44. The van der Waals surface area contributed by atoms with E-state index in [1.807, 2.05) is 4.90 Å². The lowest BCUT2D eigenvalue weighted by molar-refractivity contribution is -0.00931. The van der Waals surface area contributed by atoms with Crippen LogP contribution in [0.3, 0.4) is 0 Å². The summed E-state index contributed by atoms with van der Waals surface area (Å²) in [5.41, 5.74) is 5.92. The maximum absolute atomic E-state index is 14.2. The van der Waals surface area contributed by atoms with Gasteiger partial charge in [0.15, 0.2) is 11.5 Å². The number of hydrogen-bond donors (Lipinski definition) is 1. The van der Waals surface area contributed by atoms with Gasteiger partial charge in [-0.1, -0.05) is 6.42 Å². The van der Waals surface area contributed by atoms with Crippen LogP contribution in [0.15, 0.2) is 12.3 Å². The predicted molar refractivity (Wildman–Crippen MR) is 84.8 cm³/mol. The molecule has 1 atom stereocenters. The Kier molecular flexibility index (Phi) is 4.53. The van der Waals surface area contributed by atoms with E-state index in [9.17, 15) is 9.18 Å². The van der Waals surface area contributed by atoms with Crippen molar-refractivity contribution in [1.82, 2.24) is 9.88 Å². The van der Waals surface area contributed by atoms with Gasteiger partial charge >= 0.3 is 0 Å². The van der Waals surface area contributed by atoms with Crippen LogP contribution in [0.5, 0.6) is 5.75 Å². The number of aromatic nitrogens is 1. The van der Waals surface area contributed by atoms with Crippen LogP contribution in [0.2, 0.25) is 0 Å². The molecule has 2 aliphatic rings. The van der Waals surface area contributed by atoms with Crippen molar-refractivity contribution in [3.8, 4) is 5.75 Å². The summed E-state index contributed by atoms with van der Waals surface area (Å²) >= 11 is 0. The molecule has 6 heteroatoms. The van der Waals surface area contributed by atoms with E-state index in [1.165, 1.54) is 19.4 Å². The fourth-order valence-electron chi connectivity index (χ4n) is 3.94. The number of likely N-dealkylation sites (tertiary alicyclic amines) is 1. The molecule has 2 fully saturated rings. The van der Waals surface area contributed by atoms with Crippen molar-refractivity contribution in [2.75, 3.05) is 20.2 Å². The first-order valence-electron chi connectivity index (χ1n) is 8.32. The summed E-state index contributed by atoms with van der Waals surface area (Å²) in [4.78, 5) is 18.7. The van der Waals surface area contributed by atoms with E-state index in [0.717, 1.165) is 38.5 Å². The van der Waals surface area contributed by atoms with Gasteiger partial charge in [-0.15, -0.1) is 0 Å². The molecule has 0 aromatic carbocycles. The average Bonchev–Trinajstić information content (AvgIpc) is 2.54. The van der Waals surface area contributed by atoms with Gasteiger partial charge in [-0.2, -0.15) is 0 Å². The molecule has 1 aliphatic carbocycles. The van der Waals surface area contributed by atoms with Gasteiger partial charge in [-0.25, -0.2) is 9.37 Å². The summed E-state index contributed by atoms with van der Waals surface area (Å²) in [6.07, 6.45) is 7.63. The number of piperidine rings is 1. The molecule has 1 amide bonds. The van der Waals surface area contributed by atoms with Crippen molar-refractivity contribution < 1.29 is 13.9 Å². The Morgan fingerprint density at radius 1 is 1.48 bits per heavy atom. The molecular weight excluding hydrogens is 297 g/mol. The van der Waals surface area contributed by atoms with Gasteiger partial charge < -0.3 is 15.4 Å². The molecule has 1 aliphatic heterocycles. The molecule has 5 nitrogen and oxygen atoms in total. The molecule has 2 N–H and O–H groups in total. The zero-order valence-electron chi connectivity index (χ0n) is 13.6. The zero-order valence-corrected chi connectivity index (χ0v) is 13.6. The molecule has 1 unspecified atom stereocenters. The third-order valence-electron chi connectivity index (χ3n) is 5.48. The molecule has 23 heavy (non-hydrogen) atoms. The van der Waals surface area contributed by atoms with Gasteiger partial charge in [0.2, 0.25) is 0 Å². The van der Waals surface area contributed by atoms with Crippen LogP contribution in [-0.2, 0) is 0 Å². The van der Waals surface area contributed by atoms with Crippen LogP contribution in [0.4, 0.5) is 4.39 Å². The smallest absolute Gasteiger partial charge is 0.275 e. The Morgan fingerprint density at radius 2 is 2.26 bits per heavy atom. The standard InChI is InChI=1S/C17H24FN3O2/c1-23-12-9-13(18)15(20-10-12)16(22)21-8-3-2-5-14(21)17(11-19)6-4-7-17/h9-10,14H,2-8,11,19H2,1H3. The molecule has 0 radical (unpaired) electrons. The molecule has 0 spiro atoms. The highest BCUT2D eigenvalue weighted by Crippen LogP contribution is 2.47. The maximum atomic E-state index is 14.2. The summed E-state index contributed by atoms with van der Waals surface area (Å²) in [5.74, 6) is -0.643. The van der Waals surface area contributed by atoms with Crippen molar-refractivity contribution in [2.24, 2.45) is 11.1 Å². The molecule has 126 valence electrons. The van der Waals surface area contributed by atoms with Crippen LogP contribution in [0.25, 0.3) is 0 Å². The summed E-state index contributed by atoms with van der Waals surface area (Å²) in [5, 5.41) is 0. The SMILES string of the molecule is COc1cnc(C(=O)N2CCCCC2C2(CN)CCC2)c(F)c1. The number of nitrogens with zero attached hydrogens (tertiary/aromatic N) is 2. The molecule has 1 saturated carbocycles. The van der Waals surface area contributed by atoms with Gasteiger partial charge in [-0.3, -0.25) is 4.79 Å². The second kappa shape index (κ2) is 6.43. The molecular formula is C17H24FN3O2. The summed E-state index contributed by atoms with van der Waals surface area (Å²) in [6.45, 7) is 1.23. The number of halogens is 1. The zero-order chi connectivity index (χ0) is 16.4. The number of methoxy groups -OCH3 is 1. The van der Waals surface area contributed by atoms with Crippen molar-refractivity contribution in [3.05, 3.63) is 23.8 Å². The fourth-order valence-corrected chi connectivity index (χ4v) is 3.94. The number of amides is 1. The van der Waals surface area contributed by atoms with E-state index < -0.39 is 5.82 Å². The molecule has 3 rings (SSSR count). The second-order valence-corrected chi connectivity index (χ2v) is 6.64. The van der Waals surface area contributed by atoms with E-state index in [2.05, 4.69) is 4.98 Å². The number of hydrogen-bond acceptors (Lipinski definition) is 4. The van der Waals surface area contributed by atoms with Crippen LogP contribution in [0, 0.1) is 11.2 Å². The highest BCUT2D eigenvalue weighted by molar-refractivity contribution is 5.93. The molecule has 0 bridgehead atoms. The minimum Gasteiger partial charge on any atom is -0.495 e. The number of ether oxygens (including phenoxy) is 1. The number of carbonyl (C=O) groups excluding carboxylic acids is 1. The van der Waals surface area contributed by atoms with Crippen LogP contribution in [-0.4, -0.2) is 42.0 Å². The Bertz CT molecular complexity index is 584. The predicted octanol–water partition coefficient (Wildman–Crippen LogP) is 2.35. The van der Waals surface area contributed by atoms with E-state index in [4.69, 9.17) is 10.5 Å². The van der Waals surface area contributed by atoms with Gasteiger partial charge in [0, 0.05) is 24.1 Å². The first-order valence-corrected chi connectivity index (χ1v) is 8.32. The van der Waals surface area contributed by atoms with Crippen molar-refractivity contribution >= 4 is 5.91 Å². The van der Waals surface area contributed by atoms with Crippen LogP contribution >= 0.6 is 0 Å². The van der Waals surface area contributed by atoms with Crippen molar-refractivity contribution in [3.63, 3.8) is 0 Å². The summed E-state index contributed by atoms with van der Waals surface area (Å²) < 4.78 is 19.2. The van der Waals surface area contributed by atoms with E-state index >= 15 is 0 Å². The van der Waals surface area contributed by atoms with Crippen LogP contribution in [0.1, 0.15) is 49.0 Å². The monoisotopic (exact) mass is 321 g/mol. The number of rotatable bonds is 4. The molecule has 1 aromatic rings. The Morgan fingerprint density at radius 3 is 2.83 bits per heavy atom. The van der Waals surface area contributed by atoms with Gasteiger partial charge in [-0.05, 0) is 38.6 Å². The first-order chi connectivity index (χ1) is 11.1. The maximum Gasteiger partial charge on any atom is 0.275 e. The van der Waals surface area contributed by atoms with Crippen molar-refractivity contribution in [2.45, 2.75) is 44.6 Å².